The Labute approximate surface area is 163 Å². The lowest BCUT2D eigenvalue weighted by molar-refractivity contribution is 0.0930. The number of aromatic amines is 2. The molecule has 0 aliphatic carbocycles. The number of nitrogens with zero attached hydrogens (tertiary/aromatic N) is 4. The van der Waals surface area contributed by atoms with Crippen molar-refractivity contribution in [1.29, 1.82) is 0 Å². The summed E-state index contributed by atoms with van der Waals surface area (Å²) >= 11 is 1.50. The van der Waals surface area contributed by atoms with Gasteiger partial charge in [0.15, 0.2) is 0 Å². The van der Waals surface area contributed by atoms with Crippen LogP contribution in [-0.2, 0) is 0 Å². The van der Waals surface area contributed by atoms with Gasteiger partial charge in [0, 0.05) is 34.9 Å². The van der Waals surface area contributed by atoms with Gasteiger partial charge in [-0.15, -0.1) is 11.3 Å². The molecule has 5 rings (SSSR count). The summed E-state index contributed by atoms with van der Waals surface area (Å²) in [6.07, 6.45) is 5.21. The second-order valence-corrected chi connectivity index (χ2v) is 7.29. The van der Waals surface area contributed by atoms with Crippen molar-refractivity contribution in [1.82, 2.24) is 35.5 Å². The van der Waals surface area contributed by atoms with Crippen molar-refractivity contribution < 1.29 is 4.79 Å². The molecule has 0 aliphatic rings. The van der Waals surface area contributed by atoms with E-state index in [-0.39, 0.29) is 17.8 Å². The second kappa shape index (κ2) is 6.54. The molecular formula is C19H15N7OS. The van der Waals surface area contributed by atoms with E-state index in [1.165, 1.54) is 11.3 Å². The highest BCUT2D eigenvalue weighted by atomic mass is 32.1. The summed E-state index contributed by atoms with van der Waals surface area (Å²) in [6.45, 7) is 1.89. The number of pyridine rings is 1. The smallest absolute Gasteiger partial charge is 0.289 e. The van der Waals surface area contributed by atoms with Crippen molar-refractivity contribution in [2.75, 3.05) is 0 Å². The number of imidazole rings is 1. The van der Waals surface area contributed by atoms with Gasteiger partial charge in [-0.3, -0.25) is 14.9 Å². The fraction of sp³-hybridized carbons (Fsp3) is 0.105. The molecule has 1 unspecified atom stereocenters. The Morgan fingerprint density at radius 1 is 1.11 bits per heavy atom. The lowest BCUT2D eigenvalue weighted by Crippen LogP contribution is -2.27. The van der Waals surface area contributed by atoms with E-state index >= 15 is 0 Å². The van der Waals surface area contributed by atoms with E-state index in [1.54, 1.807) is 18.6 Å². The van der Waals surface area contributed by atoms with Crippen LogP contribution >= 0.6 is 11.3 Å². The van der Waals surface area contributed by atoms with Crippen LogP contribution in [0.4, 0.5) is 0 Å². The molecule has 8 nitrogen and oxygen atoms in total. The van der Waals surface area contributed by atoms with E-state index in [4.69, 9.17) is 0 Å². The predicted molar refractivity (Wildman–Crippen MR) is 107 cm³/mol. The van der Waals surface area contributed by atoms with Crippen LogP contribution in [0.3, 0.4) is 0 Å². The molecule has 4 heterocycles. The summed E-state index contributed by atoms with van der Waals surface area (Å²) in [5, 5.41) is 12.9. The fourth-order valence-electron chi connectivity index (χ4n) is 3.14. The SMILES string of the molecule is CC(NC(=O)c1nc2cc3[nH][nH]c(-c4ccncc4)c3cc2n1)c1nccs1. The number of amides is 1. The molecule has 0 fully saturated rings. The summed E-state index contributed by atoms with van der Waals surface area (Å²) in [5.74, 6) is -0.163. The quantitative estimate of drug-likeness (QED) is 0.436. The number of hydrogen-bond donors (Lipinski definition) is 3. The van der Waals surface area contributed by atoms with Crippen molar-refractivity contribution in [3.8, 4) is 11.3 Å². The normalized spacial score (nSPS) is 12.5. The maximum absolute atomic E-state index is 12.6. The second-order valence-electron chi connectivity index (χ2n) is 6.36. The Kier molecular flexibility index (Phi) is 3.87. The van der Waals surface area contributed by atoms with Crippen molar-refractivity contribution >= 4 is 39.2 Å². The van der Waals surface area contributed by atoms with Crippen LogP contribution in [0.15, 0.2) is 48.2 Å². The first-order chi connectivity index (χ1) is 13.7. The van der Waals surface area contributed by atoms with Gasteiger partial charge >= 0.3 is 0 Å². The standard InChI is InChI=1S/C19H15N7OS/c1-10(19-21-6-7-28-19)22-18(27)17-23-14-8-12-13(9-15(14)24-17)25-26-16(12)11-2-4-20-5-3-11/h2-10,25-26H,1H3,(H,22,27). The zero-order chi connectivity index (χ0) is 19.1. The number of carbonyl (C=O) groups is 1. The molecule has 0 radical (unpaired) electrons. The van der Waals surface area contributed by atoms with Gasteiger partial charge in [-0.25, -0.2) is 15.0 Å². The minimum Gasteiger partial charge on any atom is -0.340 e. The fourth-order valence-corrected chi connectivity index (χ4v) is 3.78. The first-order valence-corrected chi connectivity index (χ1v) is 9.55. The van der Waals surface area contributed by atoms with Gasteiger partial charge in [0.2, 0.25) is 5.82 Å². The lowest BCUT2D eigenvalue weighted by atomic mass is 10.1. The average molecular weight is 389 g/mol. The van der Waals surface area contributed by atoms with Crippen LogP contribution in [0.25, 0.3) is 33.2 Å². The van der Waals surface area contributed by atoms with Gasteiger partial charge in [0.05, 0.1) is 28.3 Å². The molecule has 0 bridgehead atoms. The summed E-state index contributed by atoms with van der Waals surface area (Å²) in [5.41, 5.74) is 4.17. The predicted octanol–water partition coefficient (Wildman–Crippen LogP) is 3.45. The Morgan fingerprint density at radius 2 is 1.89 bits per heavy atom. The third-order valence-electron chi connectivity index (χ3n) is 4.50. The van der Waals surface area contributed by atoms with E-state index in [0.29, 0.717) is 11.0 Å². The number of nitrogens with one attached hydrogen (secondary N) is 3. The number of carbonyl (C=O) groups excluding carboxylic acids is 1. The van der Waals surface area contributed by atoms with Crippen molar-refractivity contribution in [3.63, 3.8) is 0 Å². The zero-order valence-corrected chi connectivity index (χ0v) is 15.6. The monoisotopic (exact) mass is 389 g/mol. The Hall–Kier alpha value is -3.59. The summed E-state index contributed by atoms with van der Waals surface area (Å²) < 4.78 is 0. The topological polar surface area (TPSA) is 112 Å². The molecule has 1 amide bonds. The molecular weight excluding hydrogens is 374 g/mol. The van der Waals surface area contributed by atoms with Gasteiger partial charge in [-0.05, 0) is 31.2 Å². The van der Waals surface area contributed by atoms with Gasteiger partial charge in [-0.2, -0.15) is 0 Å². The molecule has 9 heteroatoms. The van der Waals surface area contributed by atoms with E-state index in [0.717, 1.165) is 27.2 Å². The van der Waals surface area contributed by atoms with E-state index in [1.807, 2.05) is 36.6 Å². The molecule has 0 saturated carbocycles. The van der Waals surface area contributed by atoms with Gasteiger partial charge in [0.1, 0.15) is 5.01 Å². The molecule has 28 heavy (non-hydrogen) atoms. The molecule has 1 atom stereocenters. The van der Waals surface area contributed by atoms with E-state index in [2.05, 4.69) is 35.5 Å². The minimum absolute atomic E-state index is 0.153. The van der Waals surface area contributed by atoms with Crippen molar-refractivity contribution in [2.45, 2.75) is 13.0 Å². The van der Waals surface area contributed by atoms with Crippen LogP contribution in [-0.4, -0.2) is 36.0 Å². The number of rotatable bonds is 4. The molecule has 138 valence electrons. The van der Waals surface area contributed by atoms with Crippen LogP contribution in [0.1, 0.15) is 28.6 Å². The molecule has 4 aromatic heterocycles. The highest BCUT2D eigenvalue weighted by Crippen LogP contribution is 2.29. The lowest BCUT2D eigenvalue weighted by Gasteiger charge is -2.08. The van der Waals surface area contributed by atoms with Gasteiger partial charge in [0.25, 0.3) is 5.91 Å². The largest absolute Gasteiger partial charge is 0.340 e. The van der Waals surface area contributed by atoms with Crippen molar-refractivity contribution in [2.24, 2.45) is 0 Å². The van der Waals surface area contributed by atoms with E-state index in [9.17, 15) is 4.79 Å². The molecule has 5 aromatic rings. The summed E-state index contributed by atoms with van der Waals surface area (Å²) in [6, 6.07) is 7.48. The number of thiazole rings is 1. The summed E-state index contributed by atoms with van der Waals surface area (Å²) in [7, 11) is 0. The number of hydrogen-bond acceptors (Lipinski definition) is 6. The summed E-state index contributed by atoms with van der Waals surface area (Å²) in [4.78, 5) is 29.7. The van der Waals surface area contributed by atoms with Crippen molar-refractivity contribution in [3.05, 3.63) is 59.1 Å². The maximum atomic E-state index is 12.6. The first kappa shape index (κ1) is 16.6. The van der Waals surface area contributed by atoms with Crippen LogP contribution < -0.4 is 5.32 Å². The molecule has 0 spiro atoms. The third kappa shape index (κ3) is 2.81. The minimum atomic E-state index is -0.316. The highest BCUT2D eigenvalue weighted by Gasteiger charge is 2.18. The van der Waals surface area contributed by atoms with Crippen LogP contribution in [0, 0.1) is 0 Å². The van der Waals surface area contributed by atoms with Gasteiger partial charge < -0.3 is 10.4 Å². The molecule has 0 saturated heterocycles. The van der Waals surface area contributed by atoms with Gasteiger partial charge in [-0.1, -0.05) is 0 Å². The highest BCUT2D eigenvalue weighted by molar-refractivity contribution is 7.09. The Morgan fingerprint density at radius 3 is 2.64 bits per heavy atom. The Balaban J connectivity index is 1.50. The molecule has 1 aromatic carbocycles. The number of H-pyrrole nitrogens is 2. The van der Waals surface area contributed by atoms with Crippen LogP contribution in [0.5, 0.6) is 0 Å². The molecule has 3 N–H and O–H groups in total. The Bertz CT molecular complexity index is 1270. The van der Waals surface area contributed by atoms with E-state index < -0.39 is 0 Å². The average Bonchev–Trinajstić information content (AvgIpc) is 3.45. The number of benzene rings is 1. The molecule has 0 aliphatic heterocycles. The maximum Gasteiger partial charge on any atom is 0.289 e. The number of fused-ring (bicyclic) bond motifs is 2. The third-order valence-corrected chi connectivity index (χ3v) is 5.46. The van der Waals surface area contributed by atoms with Crippen LogP contribution in [0.2, 0.25) is 0 Å². The first-order valence-electron chi connectivity index (χ1n) is 8.67. The zero-order valence-electron chi connectivity index (χ0n) is 14.8. The number of aromatic nitrogens is 6.